The average Bonchev–Trinajstić information content (AvgIpc) is 3.17. The zero-order valence-electron chi connectivity index (χ0n) is 16.1. The van der Waals surface area contributed by atoms with E-state index in [9.17, 15) is 18.0 Å². The Morgan fingerprint density at radius 3 is 2.50 bits per heavy atom. The highest BCUT2D eigenvalue weighted by molar-refractivity contribution is 8.00. The third kappa shape index (κ3) is 4.18. The van der Waals surface area contributed by atoms with Gasteiger partial charge in [0.1, 0.15) is 5.69 Å². The molecule has 1 aliphatic heterocycles. The van der Waals surface area contributed by atoms with Crippen molar-refractivity contribution in [3.8, 4) is 11.3 Å². The Balaban J connectivity index is 1.61. The Morgan fingerprint density at radius 2 is 1.77 bits per heavy atom. The number of thioether (sulfide) groups is 1. The van der Waals surface area contributed by atoms with Gasteiger partial charge in [0, 0.05) is 17.8 Å². The Labute approximate surface area is 176 Å². The molecular weight excluding hydrogens is 411 g/mol. The zero-order valence-corrected chi connectivity index (χ0v) is 16.9. The van der Waals surface area contributed by atoms with E-state index in [-0.39, 0.29) is 16.8 Å². The minimum absolute atomic E-state index is 0.0722. The first kappa shape index (κ1) is 20.4. The fourth-order valence-electron chi connectivity index (χ4n) is 3.38. The van der Waals surface area contributed by atoms with Crippen LogP contribution in [0.3, 0.4) is 0 Å². The van der Waals surface area contributed by atoms with Crippen LogP contribution in [0.2, 0.25) is 0 Å². The summed E-state index contributed by atoms with van der Waals surface area (Å²) < 4.78 is 40.2. The first-order chi connectivity index (χ1) is 14.3. The van der Waals surface area contributed by atoms with E-state index >= 15 is 0 Å². The number of hydrogen-bond acceptors (Lipinski definition) is 4. The molecule has 0 spiro atoms. The molecule has 1 atom stereocenters. The second-order valence-electron chi connectivity index (χ2n) is 6.91. The number of benzene rings is 2. The number of carbonyl (C=O) groups is 1. The molecule has 0 fully saturated rings. The molecule has 1 amide bonds. The van der Waals surface area contributed by atoms with Gasteiger partial charge < -0.3 is 4.90 Å². The van der Waals surface area contributed by atoms with Crippen molar-refractivity contribution in [2.75, 3.05) is 11.4 Å². The van der Waals surface area contributed by atoms with Gasteiger partial charge in [-0.25, -0.2) is 9.97 Å². The van der Waals surface area contributed by atoms with Crippen LogP contribution in [0.15, 0.2) is 65.8 Å². The quantitative estimate of drug-likeness (QED) is 0.421. The van der Waals surface area contributed by atoms with Crippen LogP contribution in [-0.2, 0) is 17.4 Å². The lowest BCUT2D eigenvalue weighted by atomic mass is 10.1. The number of anilines is 1. The van der Waals surface area contributed by atoms with Crippen LogP contribution in [0.1, 0.15) is 18.2 Å². The van der Waals surface area contributed by atoms with Crippen molar-refractivity contribution < 1.29 is 18.0 Å². The van der Waals surface area contributed by atoms with Crippen molar-refractivity contribution >= 4 is 23.4 Å². The van der Waals surface area contributed by atoms with Gasteiger partial charge in [-0.05, 0) is 31.0 Å². The van der Waals surface area contributed by atoms with E-state index in [1.165, 1.54) is 0 Å². The molecule has 8 heteroatoms. The molecule has 0 saturated heterocycles. The summed E-state index contributed by atoms with van der Waals surface area (Å²) in [5, 5.41) is -0.708. The molecule has 4 rings (SSSR count). The normalized spacial score (nSPS) is 14.5. The van der Waals surface area contributed by atoms with Crippen LogP contribution in [0, 0.1) is 0 Å². The van der Waals surface area contributed by atoms with Gasteiger partial charge in [0.15, 0.2) is 5.16 Å². The molecule has 0 unspecified atom stereocenters. The molecule has 0 saturated carbocycles. The Kier molecular flexibility index (Phi) is 5.51. The van der Waals surface area contributed by atoms with E-state index in [0.29, 0.717) is 12.1 Å². The number of para-hydroxylation sites is 1. The Morgan fingerprint density at radius 1 is 1.07 bits per heavy atom. The molecular formula is C22H18F3N3OS. The third-order valence-corrected chi connectivity index (χ3v) is 5.80. The van der Waals surface area contributed by atoms with Crippen molar-refractivity contribution in [3.63, 3.8) is 0 Å². The van der Waals surface area contributed by atoms with Crippen LogP contribution in [0.5, 0.6) is 0 Å². The number of fused-ring (bicyclic) bond motifs is 1. The molecule has 3 aromatic rings. The van der Waals surface area contributed by atoms with Gasteiger partial charge in [-0.2, -0.15) is 13.2 Å². The molecule has 0 N–H and O–H groups in total. The average molecular weight is 429 g/mol. The molecule has 1 aliphatic rings. The fraction of sp³-hybridized carbons (Fsp3) is 0.227. The first-order valence-corrected chi connectivity index (χ1v) is 10.3. The lowest BCUT2D eigenvalue weighted by Gasteiger charge is -2.21. The second kappa shape index (κ2) is 8.10. The molecule has 1 aromatic heterocycles. The van der Waals surface area contributed by atoms with Crippen LogP contribution < -0.4 is 4.90 Å². The smallest absolute Gasteiger partial charge is 0.311 e. The maximum Gasteiger partial charge on any atom is 0.433 e. The maximum absolute atomic E-state index is 13.4. The number of rotatable bonds is 4. The number of halogens is 3. The molecule has 4 nitrogen and oxygen atoms in total. The number of aromatic nitrogens is 2. The van der Waals surface area contributed by atoms with Crippen LogP contribution in [-0.4, -0.2) is 27.7 Å². The minimum atomic E-state index is -4.61. The molecule has 2 heterocycles. The summed E-state index contributed by atoms with van der Waals surface area (Å²) in [6.07, 6.45) is -3.85. The predicted octanol–water partition coefficient (Wildman–Crippen LogP) is 5.23. The topological polar surface area (TPSA) is 46.1 Å². The van der Waals surface area contributed by atoms with Gasteiger partial charge in [-0.15, -0.1) is 0 Å². The largest absolute Gasteiger partial charge is 0.433 e. The van der Waals surface area contributed by atoms with Crippen molar-refractivity contribution in [3.05, 3.63) is 71.9 Å². The van der Waals surface area contributed by atoms with Gasteiger partial charge >= 0.3 is 6.18 Å². The number of alkyl halides is 3. The molecule has 0 bridgehead atoms. The SMILES string of the molecule is C[C@@H](Sc1nc(-c2ccccc2)cc(C(F)(F)F)n1)C(=O)N1CCc2ccccc21. The molecule has 0 aliphatic carbocycles. The van der Waals surface area contributed by atoms with Crippen LogP contribution in [0.4, 0.5) is 18.9 Å². The van der Waals surface area contributed by atoms with E-state index in [2.05, 4.69) is 9.97 Å². The number of hydrogen-bond donors (Lipinski definition) is 0. The van der Waals surface area contributed by atoms with Crippen molar-refractivity contribution in [1.82, 2.24) is 9.97 Å². The number of carbonyl (C=O) groups excluding carboxylic acids is 1. The molecule has 30 heavy (non-hydrogen) atoms. The van der Waals surface area contributed by atoms with Crippen molar-refractivity contribution in [1.29, 1.82) is 0 Å². The second-order valence-corrected chi connectivity index (χ2v) is 8.22. The van der Waals surface area contributed by atoms with Crippen LogP contribution >= 0.6 is 11.8 Å². The monoisotopic (exact) mass is 429 g/mol. The van der Waals surface area contributed by atoms with E-state index in [4.69, 9.17) is 0 Å². The van der Waals surface area contributed by atoms with Crippen LogP contribution in [0.25, 0.3) is 11.3 Å². The highest BCUT2D eigenvalue weighted by Gasteiger charge is 2.35. The van der Waals surface area contributed by atoms with Gasteiger partial charge in [0.2, 0.25) is 5.91 Å². The summed E-state index contributed by atoms with van der Waals surface area (Å²) in [5.41, 5.74) is 1.64. The Hall–Kier alpha value is -2.87. The van der Waals surface area contributed by atoms with Crippen molar-refractivity contribution in [2.45, 2.75) is 29.9 Å². The van der Waals surface area contributed by atoms with Gasteiger partial charge in [-0.1, -0.05) is 60.3 Å². The molecule has 0 radical (unpaired) electrons. The summed E-state index contributed by atoms with van der Waals surface area (Å²) in [5.74, 6) is -0.174. The molecule has 154 valence electrons. The summed E-state index contributed by atoms with van der Waals surface area (Å²) >= 11 is 0.939. The Bertz CT molecular complexity index is 1070. The minimum Gasteiger partial charge on any atom is -0.311 e. The van der Waals surface area contributed by atoms with E-state index in [1.807, 2.05) is 24.3 Å². The lowest BCUT2D eigenvalue weighted by molar-refractivity contribution is -0.141. The van der Waals surface area contributed by atoms with Crippen molar-refractivity contribution in [2.24, 2.45) is 0 Å². The summed E-state index contributed by atoms with van der Waals surface area (Å²) in [7, 11) is 0. The van der Waals surface area contributed by atoms with E-state index < -0.39 is 17.1 Å². The lowest BCUT2D eigenvalue weighted by Crippen LogP contribution is -2.35. The number of amides is 1. The third-order valence-electron chi connectivity index (χ3n) is 4.85. The summed E-state index contributed by atoms with van der Waals surface area (Å²) in [4.78, 5) is 22.6. The van der Waals surface area contributed by atoms with Gasteiger partial charge in [0.05, 0.1) is 10.9 Å². The standard InChI is InChI=1S/C22H18F3N3OS/c1-14(20(29)28-12-11-16-9-5-6-10-18(16)28)30-21-26-17(15-7-3-2-4-8-15)13-19(27-21)22(23,24)25/h2-10,13-14H,11-12H2,1H3/t14-/m1/s1. The highest BCUT2D eigenvalue weighted by Crippen LogP contribution is 2.34. The summed E-state index contributed by atoms with van der Waals surface area (Å²) in [6.45, 7) is 2.22. The first-order valence-electron chi connectivity index (χ1n) is 9.40. The maximum atomic E-state index is 13.4. The summed E-state index contributed by atoms with van der Waals surface area (Å²) in [6, 6.07) is 17.2. The van der Waals surface area contributed by atoms with E-state index in [0.717, 1.165) is 35.5 Å². The zero-order chi connectivity index (χ0) is 21.3. The van der Waals surface area contributed by atoms with Gasteiger partial charge in [-0.3, -0.25) is 4.79 Å². The molecule has 2 aromatic carbocycles. The fourth-order valence-corrected chi connectivity index (χ4v) is 4.22. The van der Waals surface area contributed by atoms with E-state index in [1.54, 1.807) is 42.2 Å². The number of nitrogens with zero attached hydrogens (tertiary/aromatic N) is 3. The predicted molar refractivity (Wildman–Crippen MR) is 110 cm³/mol. The highest BCUT2D eigenvalue weighted by atomic mass is 32.2. The van der Waals surface area contributed by atoms with Gasteiger partial charge in [0.25, 0.3) is 0 Å².